The molecule has 0 aliphatic carbocycles. The molecule has 1 aromatic heterocycles. The zero-order valence-electron chi connectivity index (χ0n) is 14.2. The maximum absolute atomic E-state index is 10.7. The van der Waals surface area contributed by atoms with Crippen molar-refractivity contribution in [3.8, 4) is 5.75 Å². The molecule has 0 unspecified atom stereocenters. The summed E-state index contributed by atoms with van der Waals surface area (Å²) in [6.45, 7) is 2.55. The number of aliphatic hydroxyl groups excluding tert-OH is 1. The fourth-order valence-corrected chi connectivity index (χ4v) is 3.70. The lowest BCUT2D eigenvalue weighted by Gasteiger charge is -2.35. The van der Waals surface area contributed by atoms with E-state index in [9.17, 15) is 5.11 Å². The molecule has 130 valence electrons. The van der Waals surface area contributed by atoms with Crippen molar-refractivity contribution in [2.45, 2.75) is 25.5 Å². The van der Waals surface area contributed by atoms with Crippen LogP contribution in [-0.2, 0) is 13.6 Å². The minimum Gasteiger partial charge on any atom is -0.496 e. The Balaban J connectivity index is 1.71. The van der Waals surface area contributed by atoms with Gasteiger partial charge >= 0.3 is 0 Å². The van der Waals surface area contributed by atoms with E-state index in [0.717, 1.165) is 54.6 Å². The van der Waals surface area contributed by atoms with E-state index in [2.05, 4.69) is 9.88 Å². The normalized spacial score (nSPS) is 20.1. The summed E-state index contributed by atoms with van der Waals surface area (Å²) in [6.07, 6.45) is 5.12. The van der Waals surface area contributed by atoms with Crippen LogP contribution in [0.25, 0.3) is 0 Å². The second-order valence-electron chi connectivity index (χ2n) is 6.40. The number of aryl methyl sites for hydroxylation is 1. The summed E-state index contributed by atoms with van der Waals surface area (Å²) >= 11 is 6.36. The Kier molecular flexibility index (Phi) is 5.43. The van der Waals surface area contributed by atoms with Gasteiger partial charge in [-0.25, -0.2) is 4.98 Å². The van der Waals surface area contributed by atoms with E-state index >= 15 is 0 Å². The molecular weight excluding hydrogens is 326 g/mol. The van der Waals surface area contributed by atoms with E-state index in [1.807, 2.05) is 36.0 Å². The molecule has 1 N–H and O–H groups in total. The SMILES string of the molecule is COc1cccc(Cl)c1CN1CCC[C@@H]([C@H](O)c2nccn2C)C1. The number of imidazole rings is 1. The van der Waals surface area contributed by atoms with Crippen LogP contribution in [0.5, 0.6) is 5.75 Å². The number of hydrogen-bond acceptors (Lipinski definition) is 4. The van der Waals surface area contributed by atoms with Gasteiger partial charge in [0.15, 0.2) is 0 Å². The Morgan fingerprint density at radius 1 is 1.46 bits per heavy atom. The van der Waals surface area contributed by atoms with Crippen molar-refractivity contribution in [3.63, 3.8) is 0 Å². The van der Waals surface area contributed by atoms with Gasteiger partial charge in [-0.15, -0.1) is 0 Å². The zero-order valence-corrected chi connectivity index (χ0v) is 14.9. The summed E-state index contributed by atoms with van der Waals surface area (Å²) in [4.78, 5) is 6.63. The number of aliphatic hydroxyl groups is 1. The number of halogens is 1. The largest absolute Gasteiger partial charge is 0.496 e. The topological polar surface area (TPSA) is 50.5 Å². The minimum atomic E-state index is -0.541. The van der Waals surface area contributed by atoms with Gasteiger partial charge in [0.25, 0.3) is 0 Å². The number of piperidine rings is 1. The standard InChI is InChI=1S/C18H24ClN3O2/c1-21-10-8-20-18(21)17(23)13-5-4-9-22(11-13)12-14-15(19)6-3-7-16(14)24-2/h3,6-8,10,13,17,23H,4-5,9,11-12H2,1-2H3/t13-,17+/m1/s1. The smallest absolute Gasteiger partial charge is 0.137 e. The quantitative estimate of drug-likeness (QED) is 0.901. The third kappa shape index (κ3) is 3.58. The van der Waals surface area contributed by atoms with Crippen LogP contribution in [0.4, 0.5) is 0 Å². The van der Waals surface area contributed by atoms with Crippen molar-refractivity contribution in [1.29, 1.82) is 0 Å². The van der Waals surface area contributed by atoms with E-state index in [4.69, 9.17) is 16.3 Å². The van der Waals surface area contributed by atoms with Crippen molar-refractivity contribution in [3.05, 3.63) is 47.0 Å². The molecule has 5 nitrogen and oxygen atoms in total. The van der Waals surface area contributed by atoms with E-state index in [1.54, 1.807) is 13.3 Å². The van der Waals surface area contributed by atoms with Gasteiger partial charge in [-0.3, -0.25) is 4.90 Å². The first-order valence-electron chi connectivity index (χ1n) is 8.29. The Bertz CT molecular complexity index is 689. The van der Waals surface area contributed by atoms with Crippen LogP contribution in [0.15, 0.2) is 30.6 Å². The Morgan fingerprint density at radius 2 is 2.29 bits per heavy atom. The molecule has 2 heterocycles. The van der Waals surface area contributed by atoms with E-state index < -0.39 is 6.10 Å². The highest BCUT2D eigenvalue weighted by molar-refractivity contribution is 6.31. The molecular formula is C18H24ClN3O2. The molecule has 0 bridgehead atoms. The number of methoxy groups -OCH3 is 1. The summed E-state index contributed by atoms with van der Waals surface area (Å²) in [7, 11) is 3.58. The predicted molar refractivity (Wildman–Crippen MR) is 94.2 cm³/mol. The Labute approximate surface area is 147 Å². The van der Waals surface area contributed by atoms with Crippen LogP contribution < -0.4 is 4.74 Å². The number of likely N-dealkylation sites (tertiary alicyclic amines) is 1. The van der Waals surface area contributed by atoms with Gasteiger partial charge in [-0.1, -0.05) is 17.7 Å². The van der Waals surface area contributed by atoms with Crippen molar-refractivity contribution < 1.29 is 9.84 Å². The summed E-state index contributed by atoms with van der Waals surface area (Å²) in [6, 6.07) is 5.73. The molecule has 0 amide bonds. The Morgan fingerprint density at radius 3 is 3.00 bits per heavy atom. The highest BCUT2D eigenvalue weighted by atomic mass is 35.5. The van der Waals surface area contributed by atoms with Gasteiger partial charge < -0.3 is 14.4 Å². The first-order chi connectivity index (χ1) is 11.6. The molecule has 1 fully saturated rings. The molecule has 1 aromatic carbocycles. The van der Waals surface area contributed by atoms with Crippen LogP contribution in [0, 0.1) is 5.92 Å². The van der Waals surface area contributed by atoms with Crippen LogP contribution in [-0.4, -0.2) is 39.8 Å². The summed E-state index contributed by atoms with van der Waals surface area (Å²) < 4.78 is 7.33. The molecule has 1 aliphatic rings. The maximum atomic E-state index is 10.7. The fourth-order valence-electron chi connectivity index (χ4n) is 3.47. The maximum Gasteiger partial charge on any atom is 0.137 e. The second kappa shape index (κ2) is 7.55. The lowest BCUT2D eigenvalue weighted by atomic mass is 9.91. The van der Waals surface area contributed by atoms with Crippen molar-refractivity contribution in [2.24, 2.45) is 13.0 Å². The lowest BCUT2D eigenvalue weighted by Crippen LogP contribution is -2.38. The van der Waals surface area contributed by atoms with Crippen LogP contribution in [0.2, 0.25) is 5.02 Å². The van der Waals surface area contributed by atoms with E-state index in [0.29, 0.717) is 0 Å². The first kappa shape index (κ1) is 17.3. The van der Waals surface area contributed by atoms with Gasteiger partial charge in [0.2, 0.25) is 0 Å². The molecule has 2 atom stereocenters. The van der Waals surface area contributed by atoms with Gasteiger partial charge in [0.1, 0.15) is 17.7 Å². The number of ether oxygens (including phenoxy) is 1. The molecule has 24 heavy (non-hydrogen) atoms. The minimum absolute atomic E-state index is 0.174. The summed E-state index contributed by atoms with van der Waals surface area (Å²) in [5, 5.41) is 11.4. The highest BCUT2D eigenvalue weighted by Crippen LogP contribution is 2.32. The molecule has 6 heteroatoms. The number of hydrogen-bond donors (Lipinski definition) is 1. The third-order valence-corrected chi connectivity index (χ3v) is 5.14. The van der Waals surface area contributed by atoms with Crippen molar-refractivity contribution in [1.82, 2.24) is 14.5 Å². The molecule has 2 aromatic rings. The number of benzene rings is 1. The average molecular weight is 350 g/mol. The number of rotatable bonds is 5. The molecule has 0 spiro atoms. The van der Waals surface area contributed by atoms with Gasteiger partial charge in [-0.2, -0.15) is 0 Å². The number of aromatic nitrogens is 2. The number of nitrogens with zero attached hydrogens (tertiary/aromatic N) is 3. The molecule has 0 saturated carbocycles. The van der Waals surface area contributed by atoms with Gasteiger partial charge in [0.05, 0.1) is 7.11 Å². The predicted octanol–water partition coefficient (Wildman–Crippen LogP) is 3.03. The highest BCUT2D eigenvalue weighted by Gasteiger charge is 2.29. The molecule has 3 rings (SSSR count). The third-order valence-electron chi connectivity index (χ3n) is 4.79. The zero-order chi connectivity index (χ0) is 17.1. The van der Waals surface area contributed by atoms with E-state index in [-0.39, 0.29) is 5.92 Å². The van der Waals surface area contributed by atoms with Crippen LogP contribution >= 0.6 is 11.6 Å². The van der Waals surface area contributed by atoms with E-state index in [1.165, 1.54) is 0 Å². The van der Waals surface area contributed by atoms with Crippen molar-refractivity contribution >= 4 is 11.6 Å². The molecule has 0 radical (unpaired) electrons. The summed E-state index contributed by atoms with van der Waals surface area (Å²) in [5.41, 5.74) is 1.01. The first-order valence-corrected chi connectivity index (χ1v) is 8.67. The summed E-state index contributed by atoms with van der Waals surface area (Å²) in [5.74, 6) is 1.72. The Hall–Kier alpha value is -1.56. The van der Waals surface area contributed by atoms with Gasteiger partial charge in [0, 0.05) is 49.0 Å². The molecule has 1 aliphatic heterocycles. The fraction of sp³-hybridized carbons (Fsp3) is 0.500. The van der Waals surface area contributed by atoms with Crippen LogP contribution in [0.1, 0.15) is 30.3 Å². The average Bonchev–Trinajstić information content (AvgIpc) is 3.02. The van der Waals surface area contributed by atoms with Crippen molar-refractivity contribution in [2.75, 3.05) is 20.2 Å². The molecule has 1 saturated heterocycles. The van der Waals surface area contributed by atoms with Gasteiger partial charge in [-0.05, 0) is 31.5 Å². The van der Waals surface area contributed by atoms with Crippen LogP contribution in [0.3, 0.4) is 0 Å². The second-order valence-corrected chi connectivity index (χ2v) is 6.81. The lowest BCUT2D eigenvalue weighted by molar-refractivity contribution is 0.0403. The monoisotopic (exact) mass is 349 g/mol.